The highest BCUT2D eigenvalue weighted by atomic mass is 19.4. The van der Waals surface area contributed by atoms with Gasteiger partial charge in [0.05, 0.1) is 5.41 Å². The minimum atomic E-state index is -4.09. The summed E-state index contributed by atoms with van der Waals surface area (Å²) in [6.07, 6.45) is -3.89. The summed E-state index contributed by atoms with van der Waals surface area (Å²) in [6.45, 7) is 4.81. The molecule has 0 aliphatic carbocycles. The summed E-state index contributed by atoms with van der Waals surface area (Å²) in [7, 11) is 1.76. The van der Waals surface area contributed by atoms with E-state index in [1.165, 1.54) is 6.92 Å². The van der Waals surface area contributed by atoms with Crippen LogP contribution in [0.5, 0.6) is 0 Å². The molecule has 0 aromatic heterocycles. The number of nitrogens with zero attached hydrogens (tertiary/aromatic N) is 1. The van der Waals surface area contributed by atoms with Crippen LogP contribution in [-0.2, 0) is 0 Å². The van der Waals surface area contributed by atoms with Crippen molar-refractivity contribution < 1.29 is 13.2 Å². The van der Waals surface area contributed by atoms with E-state index in [0.29, 0.717) is 0 Å². The Balaban J connectivity index is 2.94. The predicted molar refractivity (Wildman–Crippen MR) is 45.5 cm³/mol. The fourth-order valence-corrected chi connectivity index (χ4v) is 2.11. The molecule has 3 atom stereocenters. The van der Waals surface area contributed by atoms with Gasteiger partial charge in [0.2, 0.25) is 0 Å². The second-order valence-electron chi connectivity index (χ2n) is 4.31. The van der Waals surface area contributed by atoms with Gasteiger partial charge in [-0.25, -0.2) is 0 Å². The van der Waals surface area contributed by atoms with Crippen LogP contribution in [0.2, 0.25) is 0 Å². The first-order valence-electron chi connectivity index (χ1n) is 4.49. The molecule has 0 aromatic carbocycles. The zero-order valence-corrected chi connectivity index (χ0v) is 8.44. The zero-order chi connectivity index (χ0) is 10.4. The first kappa shape index (κ1) is 10.8. The molecule has 3 unspecified atom stereocenters. The predicted octanol–water partition coefficient (Wildman–Crippen LogP) is 2.67. The van der Waals surface area contributed by atoms with Crippen LogP contribution in [0.15, 0.2) is 0 Å². The Bertz CT molecular complexity index is 202. The van der Waals surface area contributed by atoms with Crippen LogP contribution >= 0.6 is 0 Å². The topological polar surface area (TPSA) is 3.24 Å². The molecule has 1 aliphatic rings. The van der Waals surface area contributed by atoms with Crippen LogP contribution < -0.4 is 0 Å². The maximum atomic E-state index is 12.7. The number of hydrogen-bond donors (Lipinski definition) is 0. The van der Waals surface area contributed by atoms with Crippen molar-refractivity contribution in [1.82, 2.24) is 4.90 Å². The molecule has 0 radical (unpaired) electrons. The van der Waals surface area contributed by atoms with E-state index in [4.69, 9.17) is 0 Å². The lowest BCUT2D eigenvalue weighted by molar-refractivity contribution is -0.223. The normalized spacial score (nSPS) is 42.7. The average Bonchev–Trinajstić information content (AvgIpc) is 2.15. The lowest BCUT2D eigenvalue weighted by atomic mass is 9.81. The number of likely N-dealkylation sites (tertiary alicyclic amines) is 1. The maximum absolute atomic E-state index is 12.7. The van der Waals surface area contributed by atoms with Crippen molar-refractivity contribution in [2.75, 3.05) is 7.05 Å². The molecule has 78 valence electrons. The fraction of sp³-hybridized carbons (Fsp3) is 1.00. The molecule has 0 spiro atoms. The summed E-state index contributed by atoms with van der Waals surface area (Å²) in [5.41, 5.74) is -1.54. The van der Waals surface area contributed by atoms with Gasteiger partial charge in [-0.15, -0.1) is 0 Å². The van der Waals surface area contributed by atoms with E-state index in [1.54, 1.807) is 18.9 Å². The van der Waals surface area contributed by atoms with Gasteiger partial charge >= 0.3 is 6.18 Å². The van der Waals surface area contributed by atoms with Crippen LogP contribution in [0.1, 0.15) is 27.2 Å². The molecular weight excluding hydrogens is 179 g/mol. The Kier molecular flexibility index (Phi) is 2.39. The van der Waals surface area contributed by atoms with E-state index in [2.05, 4.69) is 0 Å². The molecule has 4 heteroatoms. The van der Waals surface area contributed by atoms with Gasteiger partial charge in [0.25, 0.3) is 0 Å². The highest BCUT2D eigenvalue weighted by molar-refractivity contribution is 5.00. The molecule has 1 heterocycles. The summed E-state index contributed by atoms with van der Waals surface area (Å²) in [5, 5.41) is 0. The summed E-state index contributed by atoms with van der Waals surface area (Å²) in [5.74, 6) is 0. The second kappa shape index (κ2) is 2.87. The minimum absolute atomic E-state index is 0.0154. The van der Waals surface area contributed by atoms with E-state index >= 15 is 0 Å². The molecule has 0 saturated carbocycles. The lowest BCUT2D eigenvalue weighted by Crippen LogP contribution is -2.44. The Morgan fingerprint density at radius 1 is 1.31 bits per heavy atom. The smallest absolute Gasteiger partial charge is 0.300 e. The van der Waals surface area contributed by atoms with E-state index in [-0.39, 0.29) is 12.5 Å². The third-order valence-corrected chi connectivity index (χ3v) is 3.60. The van der Waals surface area contributed by atoms with Crippen LogP contribution in [0.25, 0.3) is 0 Å². The molecule has 0 N–H and O–H groups in total. The van der Waals surface area contributed by atoms with E-state index in [1.807, 2.05) is 6.92 Å². The number of halogens is 3. The molecule has 13 heavy (non-hydrogen) atoms. The van der Waals surface area contributed by atoms with Gasteiger partial charge in [0.15, 0.2) is 0 Å². The summed E-state index contributed by atoms with van der Waals surface area (Å²) in [4.78, 5) is 1.80. The second-order valence-corrected chi connectivity index (χ2v) is 4.31. The molecule has 0 aromatic rings. The third-order valence-electron chi connectivity index (χ3n) is 3.60. The zero-order valence-electron chi connectivity index (χ0n) is 8.44. The van der Waals surface area contributed by atoms with E-state index in [9.17, 15) is 13.2 Å². The molecule has 1 saturated heterocycles. The first-order chi connectivity index (χ1) is 5.70. The Morgan fingerprint density at radius 2 is 1.77 bits per heavy atom. The van der Waals surface area contributed by atoms with Crippen LogP contribution in [-0.4, -0.2) is 30.2 Å². The highest BCUT2D eigenvalue weighted by Gasteiger charge is 2.59. The van der Waals surface area contributed by atoms with Gasteiger partial charge < -0.3 is 4.90 Å². The van der Waals surface area contributed by atoms with Gasteiger partial charge in [-0.1, -0.05) is 0 Å². The average molecular weight is 195 g/mol. The summed E-state index contributed by atoms with van der Waals surface area (Å²) >= 11 is 0. The monoisotopic (exact) mass is 195 g/mol. The molecule has 1 fully saturated rings. The first-order valence-corrected chi connectivity index (χ1v) is 4.49. The van der Waals surface area contributed by atoms with Gasteiger partial charge in [0.1, 0.15) is 0 Å². The molecule has 0 amide bonds. The standard InChI is InChI=1S/C9H16F3N/c1-6-5-8(3,9(10,11)12)7(2)13(6)4/h6-7H,5H2,1-4H3. The van der Waals surface area contributed by atoms with Gasteiger partial charge in [-0.05, 0) is 34.2 Å². The van der Waals surface area contributed by atoms with Crippen molar-refractivity contribution >= 4 is 0 Å². The Hall–Kier alpha value is -0.250. The molecule has 1 rings (SSSR count). The minimum Gasteiger partial charge on any atom is -0.300 e. The molecular formula is C9H16F3N. The number of alkyl halides is 3. The Morgan fingerprint density at radius 3 is 1.92 bits per heavy atom. The van der Waals surface area contributed by atoms with Crippen LogP contribution in [0, 0.1) is 5.41 Å². The van der Waals surface area contributed by atoms with Gasteiger partial charge in [-0.3, -0.25) is 0 Å². The molecule has 0 bridgehead atoms. The van der Waals surface area contributed by atoms with E-state index in [0.717, 1.165) is 0 Å². The fourth-order valence-electron chi connectivity index (χ4n) is 2.11. The van der Waals surface area contributed by atoms with Crippen LogP contribution in [0.4, 0.5) is 13.2 Å². The third kappa shape index (κ3) is 1.45. The Labute approximate surface area is 76.9 Å². The van der Waals surface area contributed by atoms with Crippen molar-refractivity contribution in [2.45, 2.75) is 45.5 Å². The van der Waals surface area contributed by atoms with Crippen molar-refractivity contribution in [2.24, 2.45) is 5.41 Å². The van der Waals surface area contributed by atoms with Crippen molar-refractivity contribution in [3.05, 3.63) is 0 Å². The van der Waals surface area contributed by atoms with Crippen molar-refractivity contribution in [1.29, 1.82) is 0 Å². The highest BCUT2D eigenvalue weighted by Crippen LogP contribution is 2.50. The summed E-state index contributed by atoms with van der Waals surface area (Å²) < 4.78 is 38.1. The van der Waals surface area contributed by atoms with Crippen molar-refractivity contribution in [3.8, 4) is 0 Å². The van der Waals surface area contributed by atoms with Gasteiger partial charge in [-0.2, -0.15) is 13.2 Å². The number of rotatable bonds is 0. The maximum Gasteiger partial charge on any atom is 0.395 e. The lowest BCUT2D eigenvalue weighted by Gasteiger charge is -2.33. The van der Waals surface area contributed by atoms with Crippen molar-refractivity contribution in [3.63, 3.8) is 0 Å². The van der Waals surface area contributed by atoms with E-state index < -0.39 is 17.6 Å². The van der Waals surface area contributed by atoms with Crippen LogP contribution in [0.3, 0.4) is 0 Å². The SMILES string of the molecule is CC1CC(C)(C(F)(F)F)C(C)N1C. The summed E-state index contributed by atoms with van der Waals surface area (Å²) in [6, 6.07) is -0.413. The number of hydrogen-bond acceptors (Lipinski definition) is 1. The van der Waals surface area contributed by atoms with Gasteiger partial charge in [0, 0.05) is 12.1 Å². The molecule has 1 nitrogen and oxygen atoms in total. The largest absolute Gasteiger partial charge is 0.395 e. The quantitative estimate of drug-likeness (QED) is 0.574. The molecule has 1 aliphatic heterocycles.